The van der Waals surface area contributed by atoms with Crippen LogP contribution in [0, 0.1) is 0 Å². The summed E-state index contributed by atoms with van der Waals surface area (Å²) >= 11 is 18.7. The lowest BCUT2D eigenvalue weighted by Gasteiger charge is -2.40. The highest BCUT2D eigenvalue weighted by Gasteiger charge is 2.38. The zero-order valence-electron chi connectivity index (χ0n) is 11.6. The molecule has 7 heteroatoms. The monoisotopic (exact) mass is 362 g/mol. The first-order chi connectivity index (χ1) is 9.88. The molecule has 0 saturated carbocycles. The number of thioether (sulfide) groups is 1. The second-order valence-corrected chi connectivity index (χ2v) is 7.52. The Morgan fingerprint density at radius 3 is 2.24 bits per heavy atom. The highest BCUT2D eigenvalue weighted by atomic mass is 35.5. The number of nitrogens with zero attached hydrogens (tertiary/aromatic N) is 1. The number of hydrogen-bond acceptors (Lipinski definition) is 3. The molecule has 0 aliphatic carbocycles. The van der Waals surface area contributed by atoms with E-state index in [1.165, 1.54) is 0 Å². The molecule has 3 nitrogen and oxygen atoms in total. The number of hydrogen-bond donors (Lipinski definition) is 1. The smallest absolute Gasteiger partial charge is 0.253 e. The number of thiocarbonyl (C=S) groups is 1. The fraction of sp³-hybridized carbons (Fsp3) is 0.429. The molecule has 114 valence electrons. The Labute approximate surface area is 144 Å². The molecule has 0 unspecified atom stereocenters. The number of carbonyl (C=O) groups is 1. The number of nitrogens with two attached hydrogens (primary N) is 1. The van der Waals surface area contributed by atoms with Crippen molar-refractivity contribution < 1.29 is 4.79 Å². The van der Waals surface area contributed by atoms with E-state index >= 15 is 0 Å². The summed E-state index contributed by atoms with van der Waals surface area (Å²) in [6.45, 7) is 1.25. The van der Waals surface area contributed by atoms with Crippen LogP contribution < -0.4 is 5.73 Å². The Balaban J connectivity index is 2.11. The molecule has 0 radical (unpaired) electrons. The van der Waals surface area contributed by atoms with Gasteiger partial charge in [0.1, 0.15) is 0 Å². The van der Waals surface area contributed by atoms with E-state index in [0.29, 0.717) is 33.7 Å². The fourth-order valence-corrected chi connectivity index (χ4v) is 4.25. The highest BCUT2D eigenvalue weighted by molar-refractivity contribution is 8.02. The molecule has 2 rings (SSSR count). The van der Waals surface area contributed by atoms with Crippen LogP contribution >= 0.6 is 47.2 Å². The topological polar surface area (TPSA) is 46.3 Å². The summed E-state index contributed by atoms with van der Waals surface area (Å²) in [6, 6.07) is 4.89. The summed E-state index contributed by atoms with van der Waals surface area (Å²) in [6.07, 6.45) is 3.54. The van der Waals surface area contributed by atoms with Gasteiger partial charge in [-0.25, -0.2) is 0 Å². The largest absolute Gasteiger partial charge is 0.392 e. The quantitative estimate of drug-likeness (QED) is 0.834. The average Bonchev–Trinajstić information content (AvgIpc) is 2.45. The van der Waals surface area contributed by atoms with E-state index in [9.17, 15) is 4.79 Å². The average molecular weight is 363 g/mol. The number of halogens is 2. The third-order valence-corrected chi connectivity index (χ3v) is 6.17. The summed E-state index contributed by atoms with van der Waals surface area (Å²) in [5.41, 5.74) is 6.37. The van der Waals surface area contributed by atoms with Crippen LogP contribution in [-0.2, 0) is 0 Å². The van der Waals surface area contributed by atoms with Crippen molar-refractivity contribution in [3.63, 3.8) is 0 Å². The Bertz CT molecular complexity index is 552. The molecule has 21 heavy (non-hydrogen) atoms. The number of likely N-dealkylation sites (tertiary alicyclic amines) is 1. The van der Waals surface area contributed by atoms with Crippen LogP contribution in [0.5, 0.6) is 0 Å². The molecule has 0 aromatic heterocycles. The maximum absolute atomic E-state index is 12.5. The number of benzene rings is 1. The molecule has 1 fully saturated rings. The van der Waals surface area contributed by atoms with Crippen LogP contribution in [0.15, 0.2) is 18.2 Å². The molecule has 1 aromatic carbocycles. The van der Waals surface area contributed by atoms with Gasteiger partial charge in [-0.05, 0) is 37.3 Å². The minimum Gasteiger partial charge on any atom is -0.392 e. The molecule has 1 aromatic rings. The third-order valence-electron chi connectivity index (χ3n) is 3.81. The molecule has 0 atom stereocenters. The number of rotatable bonds is 3. The Hall–Kier alpha value is -0.490. The van der Waals surface area contributed by atoms with E-state index in [4.69, 9.17) is 41.2 Å². The van der Waals surface area contributed by atoms with Gasteiger partial charge in [-0.2, -0.15) is 11.8 Å². The van der Waals surface area contributed by atoms with Crippen LogP contribution in [0.3, 0.4) is 0 Å². The van der Waals surface area contributed by atoms with Crippen molar-refractivity contribution >= 4 is 58.1 Å². The second-order valence-electron chi connectivity index (χ2n) is 5.01. The fourth-order valence-electron chi connectivity index (χ4n) is 2.48. The van der Waals surface area contributed by atoms with Gasteiger partial charge < -0.3 is 10.6 Å². The maximum Gasteiger partial charge on any atom is 0.253 e. The van der Waals surface area contributed by atoms with Gasteiger partial charge in [0.25, 0.3) is 5.91 Å². The molecule has 0 spiro atoms. The standard InChI is InChI=1S/C14H16Cl2N2OS2/c1-21-14(13(17)20)2-4-18(5-3-14)12(19)9-6-10(15)8-11(16)7-9/h6-8H,2-5H2,1H3,(H2,17,20). The molecule has 1 aliphatic heterocycles. The third kappa shape index (κ3) is 3.65. The Kier molecular flexibility index (Phi) is 5.41. The minimum atomic E-state index is -0.196. The number of amides is 1. The maximum atomic E-state index is 12.5. The van der Waals surface area contributed by atoms with E-state index in [1.54, 1.807) is 34.9 Å². The normalized spacial score (nSPS) is 17.6. The molecule has 0 bridgehead atoms. The van der Waals surface area contributed by atoms with Crippen molar-refractivity contribution in [1.29, 1.82) is 0 Å². The molecular weight excluding hydrogens is 347 g/mol. The lowest BCUT2D eigenvalue weighted by atomic mass is 9.95. The van der Waals surface area contributed by atoms with Crippen LogP contribution in [0.1, 0.15) is 23.2 Å². The zero-order valence-corrected chi connectivity index (χ0v) is 14.7. The SMILES string of the molecule is CSC1(C(N)=S)CCN(C(=O)c2cc(Cl)cc(Cl)c2)CC1. The van der Waals surface area contributed by atoms with Crippen LogP contribution in [0.4, 0.5) is 0 Å². The predicted octanol–water partition coefficient (Wildman–Crippen LogP) is 3.62. The van der Waals surface area contributed by atoms with E-state index in [1.807, 2.05) is 6.26 Å². The van der Waals surface area contributed by atoms with Crippen molar-refractivity contribution in [1.82, 2.24) is 4.90 Å². The molecule has 2 N–H and O–H groups in total. The van der Waals surface area contributed by atoms with Crippen molar-refractivity contribution in [2.75, 3.05) is 19.3 Å². The molecular formula is C14H16Cl2N2OS2. The van der Waals surface area contributed by atoms with Gasteiger partial charge >= 0.3 is 0 Å². The van der Waals surface area contributed by atoms with Crippen molar-refractivity contribution in [3.05, 3.63) is 33.8 Å². The first kappa shape index (κ1) is 16.9. The number of piperidine rings is 1. The molecule has 1 heterocycles. The van der Waals surface area contributed by atoms with Gasteiger partial charge in [-0.15, -0.1) is 0 Å². The van der Waals surface area contributed by atoms with E-state index in [2.05, 4.69) is 0 Å². The summed E-state index contributed by atoms with van der Waals surface area (Å²) in [7, 11) is 0. The highest BCUT2D eigenvalue weighted by Crippen LogP contribution is 2.35. The van der Waals surface area contributed by atoms with Gasteiger partial charge in [-0.1, -0.05) is 35.4 Å². The molecule has 1 amide bonds. The summed E-state index contributed by atoms with van der Waals surface area (Å²) in [5.74, 6) is -0.0583. The van der Waals surface area contributed by atoms with Crippen LogP contribution in [-0.4, -0.2) is 39.9 Å². The Morgan fingerprint density at radius 2 is 1.81 bits per heavy atom. The first-order valence-electron chi connectivity index (χ1n) is 6.48. The summed E-state index contributed by atoms with van der Waals surface area (Å²) < 4.78 is -0.196. The van der Waals surface area contributed by atoms with Gasteiger partial charge in [0.05, 0.1) is 9.74 Å². The van der Waals surface area contributed by atoms with Gasteiger partial charge in [0, 0.05) is 28.7 Å². The lowest BCUT2D eigenvalue weighted by molar-refractivity contribution is 0.0719. The van der Waals surface area contributed by atoms with Crippen LogP contribution in [0.25, 0.3) is 0 Å². The van der Waals surface area contributed by atoms with Crippen molar-refractivity contribution in [2.24, 2.45) is 5.73 Å². The molecule has 1 aliphatic rings. The van der Waals surface area contributed by atoms with Gasteiger partial charge in [0.15, 0.2) is 0 Å². The van der Waals surface area contributed by atoms with Crippen LogP contribution in [0.2, 0.25) is 10.0 Å². The van der Waals surface area contributed by atoms with E-state index in [-0.39, 0.29) is 10.7 Å². The molecule has 1 saturated heterocycles. The van der Waals surface area contributed by atoms with Crippen molar-refractivity contribution in [3.8, 4) is 0 Å². The predicted molar refractivity (Wildman–Crippen MR) is 94.6 cm³/mol. The second kappa shape index (κ2) is 6.73. The first-order valence-corrected chi connectivity index (χ1v) is 8.87. The van der Waals surface area contributed by atoms with E-state index in [0.717, 1.165) is 12.8 Å². The van der Waals surface area contributed by atoms with Crippen molar-refractivity contribution in [2.45, 2.75) is 17.6 Å². The van der Waals surface area contributed by atoms with E-state index < -0.39 is 0 Å². The lowest BCUT2D eigenvalue weighted by Crippen LogP contribution is -2.50. The number of carbonyl (C=O) groups excluding carboxylic acids is 1. The zero-order chi connectivity index (χ0) is 15.6. The summed E-state index contributed by atoms with van der Waals surface area (Å²) in [4.78, 5) is 14.8. The van der Waals surface area contributed by atoms with Gasteiger partial charge in [0.2, 0.25) is 0 Å². The Morgan fingerprint density at radius 1 is 1.29 bits per heavy atom. The minimum absolute atomic E-state index is 0.0583. The van der Waals surface area contributed by atoms with Gasteiger partial charge in [-0.3, -0.25) is 4.79 Å². The summed E-state index contributed by atoms with van der Waals surface area (Å²) in [5, 5.41) is 0.925.